The normalized spacial score (nSPS) is 15.2. The maximum absolute atomic E-state index is 12.9. The molecule has 0 spiro atoms. The molecule has 0 saturated carbocycles. The zero-order valence-corrected chi connectivity index (χ0v) is 14.9. The highest BCUT2D eigenvalue weighted by Crippen LogP contribution is 2.29. The summed E-state index contributed by atoms with van der Waals surface area (Å²) in [6, 6.07) is 5.38. The van der Waals surface area contributed by atoms with Crippen LogP contribution in [0.4, 0.5) is 13.2 Å². The lowest BCUT2D eigenvalue weighted by Gasteiger charge is -2.30. The van der Waals surface area contributed by atoms with Gasteiger partial charge in [-0.1, -0.05) is 17.7 Å². The van der Waals surface area contributed by atoms with Crippen molar-refractivity contribution in [3.05, 3.63) is 46.5 Å². The van der Waals surface area contributed by atoms with Crippen LogP contribution in [0.5, 0.6) is 0 Å². The van der Waals surface area contributed by atoms with Gasteiger partial charge in [-0.15, -0.1) is 10.2 Å². The van der Waals surface area contributed by atoms with E-state index in [-0.39, 0.29) is 25.5 Å². The quantitative estimate of drug-likeness (QED) is 0.854. The first-order chi connectivity index (χ1) is 12.7. The molecule has 27 heavy (non-hydrogen) atoms. The lowest BCUT2D eigenvalue weighted by atomic mass is 10.2. The summed E-state index contributed by atoms with van der Waals surface area (Å²) in [5.41, 5.74) is 0.301. The van der Waals surface area contributed by atoms with Gasteiger partial charge < -0.3 is 14.8 Å². The number of hydrogen-bond donors (Lipinski definition) is 1. The van der Waals surface area contributed by atoms with Crippen molar-refractivity contribution in [1.82, 2.24) is 25.0 Å². The third kappa shape index (κ3) is 4.05. The van der Waals surface area contributed by atoms with Crippen molar-refractivity contribution < 1.29 is 22.8 Å². The van der Waals surface area contributed by atoms with E-state index in [1.165, 1.54) is 17.9 Å². The molecule has 3 rings (SSSR count). The molecule has 1 aliphatic heterocycles. The Balaban J connectivity index is 1.66. The summed E-state index contributed by atoms with van der Waals surface area (Å²) >= 11 is 5.84. The van der Waals surface area contributed by atoms with Crippen LogP contribution in [-0.2, 0) is 24.1 Å². The van der Waals surface area contributed by atoms with Gasteiger partial charge in [-0.25, -0.2) is 0 Å². The summed E-state index contributed by atoms with van der Waals surface area (Å²) in [6.07, 6.45) is -4.60. The Labute approximate surface area is 157 Å². The van der Waals surface area contributed by atoms with Crippen LogP contribution in [0.2, 0.25) is 5.02 Å². The number of aromatic nitrogens is 3. The van der Waals surface area contributed by atoms with E-state index in [0.717, 1.165) is 4.57 Å². The van der Waals surface area contributed by atoms with Crippen LogP contribution < -0.4 is 5.32 Å². The maximum atomic E-state index is 12.9. The molecular weight excluding hydrogens is 387 g/mol. The summed E-state index contributed by atoms with van der Waals surface area (Å²) in [6.45, 7) is 1.38. The monoisotopic (exact) mass is 401 g/mol. The van der Waals surface area contributed by atoms with E-state index < -0.39 is 29.9 Å². The predicted molar refractivity (Wildman–Crippen MR) is 88.8 cm³/mol. The topological polar surface area (TPSA) is 80.1 Å². The molecule has 0 bridgehead atoms. The second-order valence-corrected chi connectivity index (χ2v) is 6.49. The fourth-order valence-corrected chi connectivity index (χ4v) is 2.99. The summed E-state index contributed by atoms with van der Waals surface area (Å²) in [4.78, 5) is 26.1. The molecule has 11 heteroatoms. The first-order valence-corrected chi connectivity index (χ1v) is 8.39. The number of hydrogen-bond acceptors (Lipinski definition) is 4. The van der Waals surface area contributed by atoms with Gasteiger partial charge in [0.05, 0.1) is 6.54 Å². The molecule has 2 aromatic rings. The number of carbonyl (C=O) groups excluding carboxylic acids is 2. The number of halogens is 4. The molecule has 0 saturated heterocycles. The van der Waals surface area contributed by atoms with Crippen LogP contribution in [0, 0.1) is 0 Å². The standard InChI is InChI=1S/C16H15ClF3N5O2/c1-9(21-13(26)10-3-2-4-11(17)7-10)14(27)24-5-6-25-12(8-24)22-23-15(25)16(18,19)20/h2-4,7,9H,5-6,8H2,1H3,(H,21,26)/t9-/m0/s1. The van der Waals surface area contributed by atoms with E-state index in [1.807, 2.05) is 0 Å². The molecule has 1 N–H and O–H groups in total. The highest BCUT2D eigenvalue weighted by molar-refractivity contribution is 6.31. The van der Waals surface area contributed by atoms with Gasteiger partial charge in [-0.3, -0.25) is 9.59 Å². The Morgan fingerprint density at radius 1 is 1.26 bits per heavy atom. The highest BCUT2D eigenvalue weighted by Gasteiger charge is 2.40. The molecule has 1 aliphatic rings. The summed E-state index contributed by atoms with van der Waals surface area (Å²) in [5.74, 6) is -1.92. The molecule has 0 radical (unpaired) electrons. The third-order valence-corrected chi connectivity index (χ3v) is 4.36. The van der Waals surface area contributed by atoms with E-state index in [4.69, 9.17) is 11.6 Å². The SMILES string of the molecule is C[C@H](NC(=O)c1cccc(Cl)c1)C(=O)N1CCn2c(nnc2C(F)(F)F)C1. The number of amides is 2. The molecular formula is C16H15ClF3N5O2. The van der Waals surface area contributed by atoms with Crippen LogP contribution in [0.1, 0.15) is 28.9 Å². The van der Waals surface area contributed by atoms with Crippen molar-refractivity contribution in [2.45, 2.75) is 32.2 Å². The number of benzene rings is 1. The van der Waals surface area contributed by atoms with Gasteiger partial charge >= 0.3 is 6.18 Å². The summed E-state index contributed by atoms with van der Waals surface area (Å²) < 4.78 is 39.6. The molecule has 1 aromatic carbocycles. The predicted octanol–water partition coefficient (Wildman–Crippen LogP) is 2.11. The van der Waals surface area contributed by atoms with Crippen LogP contribution in [0.3, 0.4) is 0 Å². The highest BCUT2D eigenvalue weighted by atomic mass is 35.5. The number of alkyl halides is 3. The number of nitrogens with one attached hydrogen (secondary N) is 1. The van der Waals surface area contributed by atoms with Crippen LogP contribution >= 0.6 is 11.6 Å². The van der Waals surface area contributed by atoms with Gasteiger partial charge in [0, 0.05) is 23.7 Å². The minimum atomic E-state index is -4.60. The van der Waals surface area contributed by atoms with Gasteiger partial charge in [0.15, 0.2) is 5.82 Å². The summed E-state index contributed by atoms with van der Waals surface area (Å²) in [5, 5.41) is 9.65. The van der Waals surface area contributed by atoms with Crippen molar-refractivity contribution in [2.24, 2.45) is 0 Å². The van der Waals surface area contributed by atoms with Crippen molar-refractivity contribution >= 4 is 23.4 Å². The Hall–Kier alpha value is -2.62. The molecule has 2 amide bonds. The molecule has 0 fully saturated rings. The van der Waals surface area contributed by atoms with Crippen molar-refractivity contribution in [1.29, 1.82) is 0 Å². The third-order valence-electron chi connectivity index (χ3n) is 4.12. The second-order valence-electron chi connectivity index (χ2n) is 6.05. The van der Waals surface area contributed by atoms with E-state index in [2.05, 4.69) is 15.5 Å². The molecule has 0 aliphatic carbocycles. The lowest BCUT2D eigenvalue weighted by Crippen LogP contribution is -2.49. The average Bonchev–Trinajstić information content (AvgIpc) is 3.04. The van der Waals surface area contributed by atoms with Gasteiger partial charge in [0.1, 0.15) is 6.04 Å². The van der Waals surface area contributed by atoms with Crippen LogP contribution in [0.25, 0.3) is 0 Å². The van der Waals surface area contributed by atoms with Crippen molar-refractivity contribution in [3.63, 3.8) is 0 Å². The molecule has 144 valence electrons. The second kappa shape index (κ2) is 7.18. The number of fused-ring (bicyclic) bond motifs is 1. The number of carbonyl (C=O) groups is 2. The fraction of sp³-hybridized carbons (Fsp3) is 0.375. The number of rotatable bonds is 3. The van der Waals surface area contributed by atoms with Crippen molar-refractivity contribution in [3.8, 4) is 0 Å². The average molecular weight is 402 g/mol. The first kappa shape index (κ1) is 19.2. The zero-order valence-electron chi connectivity index (χ0n) is 14.1. The Morgan fingerprint density at radius 2 is 2.00 bits per heavy atom. The van der Waals surface area contributed by atoms with Crippen LogP contribution in [0.15, 0.2) is 24.3 Å². The largest absolute Gasteiger partial charge is 0.451 e. The van der Waals surface area contributed by atoms with E-state index in [9.17, 15) is 22.8 Å². The fourth-order valence-electron chi connectivity index (χ4n) is 2.80. The van der Waals surface area contributed by atoms with Gasteiger partial charge in [0.2, 0.25) is 11.7 Å². The minimum Gasteiger partial charge on any atom is -0.341 e. The van der Waals surface area contributed by atoms with E-state index >= 15 is 0 Å². The van der Waals surface area contributed by atoms with Gasteiger partial charge in [-0.05, 0) is 25.1 Å². The minimum absolute atomic E-state index is 0.0512. The Kier molecular flexibility index (Phi) is 5.09. The Bertz CT molecular complexity index is 883. The molecule has 2 heterocycles. The van der Waals surface area contributed by atoms with E-state index in [1.54, 1.807) is 18.2 Å². The molecule has 7 nitrogen and oxygen atoms in total. The first-order valence-electron chi connectivity index (χ1n) is 8.01. The van der Waals surface area contributed by atoms with Gasteiger partial charge in [0.25, 0.3) is 5.91 Å². The van der Waals surface area contributed by atoms with Crippen LogP contribution in [-0.4, -0.2) is 44.1 Å². The smallest absolute Gasteiger partial charge is 0.341 e. The lowest BCUT2D eigenvalue weighted by molar-refractivity contribution is -0.148. The summed E-state index contributed by atoms with van der Waals surface area (Å²) in [7, 11) is 0. The van der Waals surface area contributed by atoms with Crippen molar-refractivity contribution in [2.75, 3.05) is 6.54 Å². The van der Waals surface area contributed by atoms with E-state index in [0.29, 0.717) is 10.6 Å². The zero-order chi connectivity index (χ0) is 19.8. The maximum Gasteiger partial charge on any atom is 0.451 e. The molecule has 1 aromatic heterocycles. The molecule has 1 atom stereocenters. The number of nitrogens with zero attached hydrogens (tertiary/aromatic N) is 4. The molecule has 0 unspecified atom stereocenters. The van der Waals surface area contributed by atoms with Gasteiger partial charge in [-0.2, -0.15) is 13.2 Å². The Morgan fingerprint density at radius 3 is 2.67 bits per heavy atom.